The van der Waals surface area contributed by atoms with Gasteiger partial charge in [0, 0.05) is 0 Å². The van der Waals surface area contributed by atoms with E-state index in [1.54, 1.807) is 0 Å². The molecule has 0 spiro atoms. The van der Waals surface area contributed by atoms with Crippen LogP contribution in [0.3, 0.4) is 0 Å². The molecular weight excluding hydrogens is 318 g/mol. The summed E-state index contributed by atoms with van der Waals surface area (Å²) in [6, 6.07) is 0. The van der Waals surface area contributed by atoms with Gasteiger partial charge < -0.3 is 23.3 Å². The predicted molar refractivity (Wildman–Crippen MR) is 99.1 cm³/mol. The molecule has 142 valence electrons. The molecule has 0 unspecified atom stereocenters. The minimum absolute atomic E-state index is 0.374. The molecule has 0 atom stereocenters. The summed E-state index contributed by atoms with van der Waals surface area (Å²) in [6.45, 7) is 16.5. The molecule has 0 aromatic carbocycles. The lowest BCUT2D eigenvalue weighted by Gasteiger charge is -2.39. The lowest BCUT2D eigenvalue weighted by atomic mass is 9.59. The summed E-state index contributed by atoms with van der Waals surface area (Å²) in [7, 11) is -1.10. The van der Waals surface area contributed by atoms with Crippen molar-refractivity contribution in [2.45, 2.75) is 115 Å². The zero-order valence-electron chi connectivity index (χ0n) is 17.2. The average Bonchev–Trinajstić information content (AvgIpc) is 2.79. The Morgan fingerprint density at radius 1 is 0.600 bits per heavy atom. The minimum atomic E-state index is -0.692. The normalized spacial score (nSPS) is 32.2. The number of hydrogen-bond donors (Lipinski definition) is 0. The standard InChI is InChI=1S/C18H34B2O5/c1-14(2)15(3,4)22-19(21-14)18(12-10-9-11-13-18)25-20-23-16(5,6)17(7,8)24-20/h9-13H2,1-8H3. The Labute approximate surface area is 153 Å². The fourth-order valence-electron chi connectivity index (χ4n) is 3.65. The van der Waals surface area contributed by atoms with Gasteiger partial charge in [0.25, 0.3) is 0 Å². The summed E-state index contributed by atoms with van der Waals surface area (Å²) >= 11 is 0. The summed E-state index contributed by atoms with van der Waals surface area (Å²) in [5.74, 6) is 0. The molecule has 3 rings (SSSR count). The highest BCUT2D eigenvalue weighted by Crippen LogP contribution is 2.47. The van der Waals surface area contributed by atoms with Crippen LogP contribution in [0, 0.1) is 0 Å². The summed E-state index contributed by atoms with van der Waals surface area (Å²) in [5, 5.41) is 0. The molecule has 2 heterocycles. The van der Waals surface area contributed by atoms with Crippen LogP contribution in [0.1, 0.15) is 87.5 Å². The van der Waals surface area contributed by atoms with Gasteiger partial charge in [-0.3, -0.25) is 0 Å². The molecule has 0 amide bonds. The van der Waals surface area contributed by atoms with E-state index < -0.39 is 31.1 Å². The van der Waals surface area contributed by atoms with E-state index in [-0.39, 0.29) is 11.2 Å². The SMILES string of the molecule is CC1(C)OB(OC2(B3OC(C)(C)C(C)(C)O3)CCCCC2)OC1(C)C. The Morgan fingerprint density at radius 3 is 1.44 bits per heavy atom. The van der Waals surface area contributed by atoms with Crippen molar-refractivity contribution in [3.8, 4) is 0 Å². The van der Waals surface area contributed by atoms with E-state index in [2.05, 4.69) is 27.7 Å². The predicted octanol–water partition coefficient (Wildman–Crippen LogP) is 3.93. The molecule has 0 aromatic heterocycles. The van der Waals surface area contributed by atoms with Gasteiger partial charge in [-0.05, 0) is 68.2 Å². The van der Waals surface area contributed by atoms with Crippen LogP contribution < -0.4 is 0 Å². The monoisotopic (exact) mass is 352 g/mol. The van der Waals surface area contributed by atoms with Crippen molar-refractivity contribution in [1.82, 2.24) is 0 Å². The van der Waals surface area contributed by atoms with E-state index >= 15 is 0 Å². The average molecular weight is 352 g/mol. The first-order chi connectivity index (χ1) is 11.3. The molecular formula is C18H34B2O5. The van der Waals surface area contributed by atoms with Gasteiger partial charge in [0.05, 0.1) is 27.9 Å². The second kappa shape index (κ2) is 5.96. The van der Waals surface area contributed by atoms with Gasteiger partial charge in [-0.2, -0.15) is 0 Å². The van der Waals surface area contributed by atoms with Crippen molar-refractivity contribution in [3.63, 3.8) is 0 Å². The molecule has 0 radical (unpaired) electrons. The Hall–Kier alpha value is -0.0701. The van der Waals surface area contributed by atoms with Gasteiger partial charge in [-0.1, -0.05) is 19.3 Å². The van der Waals surface area contributed by atoms with E-state index in [1.165, 1.54) is 6.42 Å². The van der Waals surface area contributed by atoms with Crippen LogP contribution in [-0.2, 0) is 23.3 Å². The molecule has 5 nitrogen and oxygen atoms in total. The second-order valence-electron chi connectivity index (χ2n) is 9.88. The van der Waals surface area contributed by atoms with Crippen molar-refractivity contribution in [3.05, 3.63) is 0 Å². The Morgan fingerprint density at radius 2 is 1.00 bits per heavy atom. The first kappa shape index (κ1) is 19.7. The van der Waals surface area contributed by atoms with E-state index in [1.807, 2.05) is 27.7 Å². The number of hydrogen-bond acceptors (Lipinski definition) is 5. The quantitative estimate of drug-likeness (QED) is 0.721. The van der Waals surface area contributed by atoms with E-state index in [9.17, 15) is 0 Å². The molecule has 1 saturated carbocycles. The fraction of sp³-hybridized carbons (Fsp3) is 1.00. The second-order valence-corrected chi connectivity index (χ2v) is 9.88. The molecule has 0 aromatic rings. The molecule has 7 heteroatoms. The zero-order chi connectivity index (χ0) is 18.7. The van der Waals surface area contributed by atoms with Crippen molar-refractivity contribution in [1.29, 1.82) is 0 Å². The highest BCUT2D eigenvalue weighted by molar-refractivity contribution is 6.51. The van der Waals surface area contributed by atoms with Crippen LogP contribution in [-0.4, -0.2) is 42.3 Å². The van der Waals surface area contributed by atoms with Gasteiger partial charge in [-0.25, -0.2) is 0 Å². The topological polar surface area (TPSA) is 46.2 Å². The molecule has 3 fully saturated rings. The van der Waals surface area contributed by atoms with Crippen molar-refractivity contribution in [2.75, 3.05) is 0 Å². The van der Waals surface area contributed by atoms with E-state index in [0.717, 1.165) is 25.7 Å². The van der Waals surface area contributed by atoms with Gasteiger partial charge in [0.15, 0.2) is 0 Å². The van der Waals surface area contributed by atoms with Crippen LogP contribution in [0.2, 0.25) is 0 Å². The molecule has 0 bridgehead atoms. The van der Waals surface area contributed by atoms with Crippen molar-refractivity contribution in [2.24, 2.45) is 0 Å². The molecule has 25 heavy (non-hydrogen) atoms. The maximum atomic E-state index is 6.49. The van der Waals surface area contributed by atoms with Crippen LogP contribution >= 0.6 is 0 Å². The Balaban J connectivity index is 1.82. The number of rotatable bonds is 3. The van der Waals surface area contributed by atoms with Crippen LogP contribution in [0.15, 0.2) is 0 Å². The van der Waals surface area contributed by atoms with Gasteiger partial charge in [0.1, 0.15) is 0 Å². The Bertz CT molecular complexity index is 480. The van der Waals surface area contributed by atoms with Crippen LogP contribution in [0.25, 0.3) is 0 Å². The molecule has 0 N–H and O–H groups in total. The maximum absolute atomic E-state index is 6.49. The van der Waals surface area contributed by atoms with Crippen molar-refractivity contribution >= 4 is 14.4 Å². The fourth-order valence-corrected chi connectivity index (χ4v) is 3.65. The summed E-state index contributed by atoms with van der Waals surface area (Å²) in [5.41, 5.74) is -2.10. The van der Waals surface area contributed by atoms with E-state index in [4.69, 9.17) is 23.3 Å². The largest absolute Gasteiger partial charge is 0.640 e. The van der Waals surface area contributed by atoms with Crippen molar-refractivity contribution < 1.29 is 23.3 Å². The summed E-state index contributed by atoms with van der Waals surface area (Å²) in [6.07, 6.45) is 5.21. The highest BCUT2D eigenvalue weighted by atomic mass is 16.8. The smallest absolute Gasteiger partial charge is 0.401 e. The third-order valence-electron chi connectivity index (χ3n) is 6.95. The molecule has 2 saturated heterocycles. The molecule has 3 aliphatic rings. The first-order valence-corrected chi connectivity index (χ1v) is 9.69. The third-order valence-corrected chi connectivity index (χ3v) is 6.95. The lowest BCUT2D eigenvalue weighted by Crippen LogP contribution is -2.55. The maximum Gasteiger partial charge on any atom is 0.640 e. The highest BCUT2D eigenvalue weighted by Gasteiger charge is 2.63. The zero-order valence-corrected chi connectivity index (χ0v) is 17.2. The van der Waals surface area contributed by atoms with E-state index in [0.29, 0.717) is 0 Å². The first-order valence-electron chi connectivity index (χ1n) is 9.69. The molecule has 2 aliphatic heterocycles. The third kappa shape index (κ3) is 3.31. The van der Waals surface area contributed by atoms with Gasteiger partial charge >= 0.3 is 14.4 Å². The molecule has 1 aliphatic carbocycles. The van der Waals surface area contributed by atoms with Crippen LogP contribution in [0.5, 0.6) is 0 Å². The van der Waals surface area contributed by atoms with Crippen LogP contribution in [0.4, 0.5) is 0 Å². The summed E-state index contributed by atoms with van der Waals surface area (Å²) < 4.78 is 31.4. The van der Waals surface area contributed by atoms with Gasteiger partial charge in [-0.15, -0.1) is 0 Å². The summed E-state index contributed by atoms with van der Waals surface area (Å²) in [4.78, 5) is 0. The minimum Gasteiger partial charge on any atom is -0.401 e. The van der Waals surface area contributed by atoms with Gasteiger partial charge in [0.2, 0.25) is 0 Å². The Kier molecular flexibility index (Phi) is 4.70. The lowest BCUT2D eigenvalue weighted by molar-refractivity contribution is 0.00578.